The van der Waals surface area contributed by atoms with Crippen LogP contribution < -0.4 is 15.0 Å². The number of imide groups is 1. The van der Waals surface area contributed by atoms with Gasteiger partial charge >= 0.3 is 6.09 Å². The molecule has 11 heteroatoms. The van der Waals surface area contributed by atoms with Gasteiger partial charge in [0.05, 0.1) is 17.8 Å². The number of hydrogen-bond donors (Lipinski definition) is 1. The Morgan fingerprint density at radius 2 is 1.91 bits per heavy atom. The maximum absolute atomic E-state index is 14.7. The van der Waals surface area contributed by atoms with E-state index < -0.39 is 41.5 Å². The standard InChI is InChI=1S/C22H18ClF2N3O5/c1-10-5-16(25)18(8-14(10)23)27(2)22(32)33-11-6-12-13(15(24)7-11)9-28(21(12)31)17-3-4-19(29)26-20(17)30/h5-8,17H,3-4,9H2,1-2H3,(H,26,29,30). The average Bonchev–Trinajstić information content (AvgIpc) is 3.07. The van der Waals surface area contributed by atoms with Crippen LogP contribution >= 0.6 is 11.6 Å². The molecular formula is C22H18ClF2N3O5. The molecule has 4 amide bonds. The minimum atomic E-state index is -1.03. The molecule has 1 saturated heterocycles. The summed E-state index contributed by atoms with van der Waals surface area (Å²) in [7, 11) is 1.26. The smallest absolute Gasteiger partial charge is 0.410 e. The van der Waals surface area contributed by atoms with Crippen LogP contribution in [0, 0.1) is 18.6 Å². The van der Waals surface area contributed by atoms with Crippen molar-refractivity contribution in [2.45, 2.75) is 32.4 Å². The second-order valence-electron chi connectivity index (χ2n) is 7.81. The number of fused-ring (bicyclic) bond motifs is 1. The highest BCUT2D eigenvalue weighted by molar-refractivity contribution is 6.31. The third-order valence-electron chi connectivity index (χ3n) is 5.64. The summed E-state index contributed by atoms with van der Waals surface area (Å²) in [5.41, 5.74) is 0.334. The average molecular weight is 478 g/mol. The van der Waals surface area contributed by atoms with Crippen LogP contribution in [0.15, 0.2) is 24.3 Å². The number of carbonyl (C=O) groups is 4. The molecule has 1 atom stereocenters. The van der Waals surface area contributed by atoms with E-state index in [-0.39, 0.29) is 47.0 Å². The molecule has 1 unspecified atom stereocenters. The van der Waals surface area contributed by atoms with E-state index >= 15 is 0 Å². The molecule has 33 heavy (non-hydrogen) atoms. The maximum atomic E-state index is 14.7. The number of piperidine rings is 1. The SMILES string of the molecule is Cc1cc(F)c(N(C)C(=O)Oc2cc(F)c3c(c2)C(=O)N(C2CCC(=O)NC2=O)C3)cc1Cl. The Morgan fingerprint density at radius 3 is 2.61 bits per heavy atom. The van der Waals surface area contributed by atoms with E-state index in [1.807, 2.05) is 0 Å². The molecule has 1 N–H and O–H groups in total. The molecule has 172 valence electrons. The van der Waals surface area contributed by atoms with Crippen molar-refractivity contribution in [3.05, 3.63) is 57.6 Å². The summed E-state index contributed by atoms with van der Waals surface area (Å²) in [4.78, 5) is 50.9. The molecule has 2 heterocycles. The van der Waals surface area contributed by atoms with E-state index in [1.54, 1.807) is 6.92 Å². The maximum Gasteiger partial charge on any atom is 0.419 e. The summed E-state index contributed by atoms with van der Waals surface area (Å²) >= 11 is 6.01. The first-order valence-corrected chi connectivity index (χ1v) is 10.3. The van der Waals surface area contributed by atoms with Crippen molar-refractivity contribution in [2.75, 3.05) is 11.9 Å². The van der Waals surface area contributed by atoms with Crippen LogP contribution in [0.1, 0.15) is 34.3 Å². The minimum Gasteiger partial charge on any atom is -0.410 e. The molecular weight excluding hydrogens is 460 g/mol. The summed E-state index contributed by atoms with van der Waals surface area (Å²) in [5, 5.41) is 2.41. The molecule has 4 rings (SSSR count). The molecule has 2 aromatic rings. The van der Waals surface area contributed by atoms with Gasteiger partial charge in [-0.1, -0.05) is 11.6 Å². The summed E-state index contributed by atoms with van der Waals surface area (Å²) in [6.07, 6.45) is -0.836. The quantitative estimate of drug-likeness (QED) is 0.684. The van der Waals surface area contributed by atoms with Gasteiger partial charge < -0.3 is 9.64 Å². The van der Waals surface area contributed by atoms with Gasteiger partial charge in [-0.25, -0.2) is 13.6 Å². The van der Waals surface area contributed by atoms with Crippen molar-refractivity contribution in [3.8, 4) is 5.75 Å². The molecule has 0 saturated carbocycles. The lowest BCUT2D eigenvalue weighted by atomic mass is 10.0. The van der Waals surface area contributed by atoms with Crippen LogP contribution in [0.4, 0.5) is 19.3 Å². The normalized spacial score (nSPS) is 17.7. The van der Waals surface area contributed by atoms with Gasteiger partial charge in [-0.05, 0) is 37.1 Å². The predicted molar refractivity (Wildman–Crippen MR) is 113 cm³/mol. The van der Waals surface area contributed by atoms with Gasteiger partial charge in [0.2, 0.25) is 11.8 Å². The van der Waals surface area contributed by atoms with Crippen molar-refractivity contribution in [3.63, 3.8) is 0 Å². The molecule has 0 aliphatic carbocycles. The Morgan fingerprint density at radius 1 is 1.18 bits per heavy atom. The summed E-state index contributed by atoms with van der Waals surface area (Å²) in [6.45, 7) is 1.45. The second-order valence-corrected chi connectivity index (χ2v) is 8.22. The number of nitrogens with zero attached hydrogens (tertiary/aromatic N) is 2. The lowest BCUT2D eigenvalue weighted by molar-refractivity contribution is -0.136. The monoisotopic (exact) mass is 477 g/mol. The molecule has 2 aromatic carbocycles. The van der Waals surface area contributed by atoms with Crippen LogP contribution in [0.2, 0.25) is 5.02 Å². The summed E-state index contributed by atoms with van der Waals surface area (Å²) in [6, 6.07) is 3.64. The van der Waals surface area contributed by atoms with Gasteiger partial charge in [0, 0.05) is 30.1 Å². The van der Waals surface area contributed by atoms with Crippen LogP contribution in [-0.4, -0.2) is 41.8 Å². The van der Waals surface area contributed by atoms with Crippen molar-refractivity contribution in [2.24, 2.45) is 0 Å². The molecule has 1 fully saturated rings. The lowest BCUT2D eigenvalue weighted by Crippen LogP contribution is -2.52. The summed E-state index contributed by atoms with van der Waals surface area (Å²) in [5.74, 6) is -3.45. The number of nitrogens with one attached hydrogen (secondary N) is 1. The van der Waals surface area contributed by atoms with Crippen LogP contribution in [0.5, 0.6) is 5.75 Å². The fourth-order valence-electron chi connectivity index (χ4n) is 3.81. The number of amides is 4. The van der Waals surface area contributed by atoms with E-state index in [1.165, 1.54) is 30.1 Å². The molecule has 0 bridgehead atoms. The zero-order valence-corrected chi connectivity index (χ0v) is 18.3. The number of halogens is 3. The predicted octanol–water partition coefficient (Wildman–Crippen LogP) is 3.32. The Hall–Kier alpha value is -3.53. The van der Waals surface area contributed by atoms with Crippen molar-refractivity contribution in [1.29, 1.82) is 0 Å². The number of rotatable bonds is 3. The number of carbonyl (C=O) groups excluding carboxylic acids is 4. The van der Waals surface area contributed by atoms with Gasteiger partial charge in [0.25, 0.3) is 5.91 Å². The summed E-state index contributed by atoms with van der Waals surface area (Å²) < 4.78 is 34.2. The highest BCUT2D eigenvalue weighted by Gasteiger charge is 2.40. The molecule has 2 aliphatic rings. The second kappa shape index (κ2) is 8.43. The first-order chi connectivity index (χ1) is 15.6. The third kappa shape index (κ3) is 4.13. The molecule has 0 spiro atoms. The fraction of sp³-hybridized carbons (Fsp3) is 0.273. The van der Waals surface area contributed by atoms with Crippen LogP contribution in [-0.2, 0) is 16.1 Å². The zero-order valence-electron chi connectivity index (χ0n) is 17.6. The van der Waals surface area contributed by atoms with Gasteiger partial charge in [-0.2, -0.15) is 0 Å². The largest absolute Gasteiger partial charge is 0.419 e. The number of aryl methyl sites for hydroxylation is 1. The Balaban J connectivity index is 1.55. The lowest BCUT2D eigenvalue weighted by Gasteiger charge is -2.29. The fourth-order valence-corrected chi connectivity index (χ4v) is 3.97. The van der Waals surface area contributed by atoms with Crippen molar-refractivity contribution in [1.82, 2.24) is 10.2 Å². The van der Waals surface area contributed by atoms with E-state index in [9.17, 15) is 28.0 Å². The highest BCUT2D eigenvalue weighted by Crippen LogP contribution is 2.33. The van der Waals surface area contributed by atoms with Crippen molar-refractivity contribution < 1.29 is 32.7 Å². The van der Waals surface area contributed by atoms with E-state index in [0.717, 1.165) is 11.0 Å². The van der Waals surface area contributed by atoms with Crippen LogP contribution in [0.3, 0.4) is 0 Å². The number of hydrogen-bond acceptors (Lipinski definition) is 5. The first-order valence-electron chi connectivity index (χ1n) is 9.95. The van der Waals surface area contributed by atoms with E-state index in [2.05, 4.69) is 5.32 Å². The Kier molecular flexibility index (Phi) is 5.79. The van der Waals surface area contributed by atoms with Crippen molar-refractivity contribution >= 4 is 41.1 Å². The van der Waals surface area contributed by atoms with E-state index in [0.29, 0.717) is 5.56 Å². The van der Waals surface area contributed by atoms with Gasteiger partial charge in [-0.3, -0.25) is 24.6 Å². The van der Waals surface area contributed by atoms with Gasteiger partial charge in [0.15, 0.2) is 0 Å². The first kappa shape index (κ1) is 22.7. The van der Waals surface area contributed by atoms with Crippen LogP contribution in [0.25, 0.3) is 0 Å². The number of anilines is 1. The Labute approximate surface area is 192 Å². The Bertz CT molecular complexity index is 1220. The van der Waals surface area contributed by atoms with E-state index in [4.69, 9.17) is 16.3 Å². The highest BCUT2D eigenvalue weighted by atomic mass is 35.5. The number of ether oxygens (including phenoxy) is 1. The minimum absolute atomic E-state index is 0.0502. The topological polar surface area (TPSA) is 96.0 Å². The molecule has 8 nitrogen and oxygen atoms in total. The third-order valence-corrected chi connectivity index (χ3v) is 6.05. The molecule has 2 aliphatic heterocycles. The molecule has 0 radical (unpaired) electrons. The zero-order chi connectivity index (χ0) is 24.0. The number of benzene rings is 2. The van der Waals surface area contributed by atoms with Gasteiger partial charge in [-0.15, -0.1) is 0 Å². The van der Waals surface area contributed by atoms with Gasteiger partial charge in [0.1, 0.15) is 23.4 Å². The molecule has 0 aromatic heterocycles.